The van der Waals surface area contributed by atoms with Crippen molar-refractivity contribution in [2.45, 2.75) is 6.54 Å². The first-order valence-corrected chi connectivity index (χ1v) is 8.32. The predicted molar refractivity (Wildman–Crippen MR) is 78.8 cm³/mol. The van der Waals surface area contributed by atoms with Gasteiger partial charge in [0.1, 0.15) is 5.69 Å². The van der Waals surface area contributed by atoms with Crippen LogP contribution in [0.2, 0.25) is 0 Å². The first-order chi connectivity index (χ1) is 9.42. The van der Waals surface area contributed by atoms with Gasteiger partial charge in [0, 0.05) is 13.1 Å². The van der Waals surface area contributed by atoms with E-state index in [0.29, 0.717) is 12.2 Å². The largest absolute Gasteiger partial charge is 0.350 e. The number of amides is 1. The lowest BCUT2D eigenvalue weighted by molar-refractivity contribution is 0.0948. The fourth-order valence-electron chi connectivity index (χ4n) is 1.88. The zero-order valence-electron chi connectivity index (χ0n) is 10.6. The lowest BCUT2D eigenvalue weighted by atomic mass is 10.4. The molecule has 8 heteroatoms. The topological polar surface area (TPSA) is 88.4 Å². The number of hydrogen-bond donors (Lipinski definition) is 2. The Balaban J connectivity index is 2.18. The smallest absolute Gasteiger partial charge is 0.268 e. The molecule has 20 heavy (non-hydrogen) atoms. The maximum absolute atomic E-state index is 12.1. The third-order valence-corrected chi connectivity index (χ3v) is 4.29. The van der Waals surface area contributed by atoms with Gasteiger partial charge in [0.05, 0.1) is 16.0 Å². The second-order valence-corrected chi connectivity index (χ2v) is 6.66. The van der Waals surface area contributed by atoms with Gasteiger partial charge < -0.3 is 9.88 Å². The fourth-order valence-corrected chi connectivity index (χ4v) is 3.06. The third kappa shape index (κ3) is 3.27. The second kappa shape index (κ2) is 5.78. The van der Waals surface area contributed by atoms with Crippen LogP contribution in [0.3, 0.4) is 0 Å². The van der Waals surface area contributed by atoms with E-state index in [1.165, 1.54) is 11.3 Å². The first-order valence-electron chi connectivity index (χ1n) is 5.83. The van der Waals surface area contributed by atoms with E-state index in [4.69, 9.17) is 4.55 Å². The van der Waals surface area contributed by atoms with Gasteiger partial charge in [-0.1, -0.05) is 6.08 Å². The molecule has 108 valence electrons. The van der Waals surface area contributed by atoms with Crippen molar-refractivity contribution in [3.8, 4) is 0 Å². The van der Waals surface area contributed by atoms with Crippen molar-refractivity contribution in [1.29, 1.82) is 0 Å². The maximum atomic E-state index is 12.1. The summed E-state index contributed by atoms with van der Waals surface area (Å²) < 4.78 is 32.6. The van der Waals surface area contributed by atoms with Crippen molar-refractivity contribution >= 4 is 37.6 Å². The second-order valence-electron chi connectivity index (χ2n) is 4.14. The summed E-state index contributed by atoms with van der Waals surface area (Å²) in [6.07, 6.45) is 1.69. The normalized spacial score (nSPS) is 11.7. The molecular formula is C12H14N2O4S2. The monoisotopic (exact) mass is 314 g/mol. The van der Waals surface area contributed by atoms with E-state index in [0.717, 1.165) is 10.2 Å². The van der Waals surface area contributed by atoms with Crippen molar-refractivity contribution in [1.82, 2.24) is 9.88 Å². The van der Waals surface area contributed by atoms with Crippen LogP contribution in [-0.4, -0.2) is 35.7 Å². The molecule has 1 amide bonds. The van der Waals surface area contributed by atoms with E-state index in [9.17, 15) is 13.2 Å². The number of nitrogens with zero attached hydrogens (tertiary/aromatic N) is 1. The van der Waals surface area contributed by atoms with Crippen LogP contribution >= 0.6 is 11.3 Å². The summed E-state index contributed by atoms with van der Waals surface area (Å²) in [5.74, 6) is -0.881. The number of carbonyl (C=O) groups is 1. The van der Waals surface area contributed by atoms with Gasteiger partial charge in [0.25, 0.3) is 16.0 Å². The third-order valence-electron chi connectivity index (χ3n) is 2.71. The van der Waals surface area contributed by atoms with Crippen LogP contribution in [0.5, 0.6) is 0 Å². The molecule has 0 radical (unpaired) electrons. The Morgan fingerprint density at radius 2 is 2.30 bits per heavy atom. The van der Waals surface area contributed by atoms with E-state index >= 15 is 0 Å². The molecule has 0 fully saturated rings. The SMILES string of the molecule is C=CCn1c(C(=O)NCCS(=O)(=O)O)cc2sccc21. The molecule has 0 atom stereocenters. The summed E-state index contributed by atoms with van der Waals surface area (Å²) in [4.78, 5) is 12.1. The minimum Gasteiger partial charge on any atom is -0.350 e. The molecule has 2 heterocycles. The van der Waals surface area contributed by atoms with Crippen molar-refractivity contribution in [2.24, 2.45) is 0 Å². The van der Waals surface area contributed by atoms with Crippen LogP contribution in [0.15, 0.2) is 30.2 Å². The molecule has 0 bridgehead atoms. The van der Waals surface area contributed by atoms with Gasteiger partial charge in [-0.15, -0.1) is 17.9 Å². The number of aromatic nitrogens is 1. The number of thiophene rings is 1. The molecule has 0 aromatic carbocycles. The summed E-state index contributed by atoms with van der Waals surface area (Å²) in [5.41, 5.74) is 1.39. The lowest BCUT2D eigenvalue weighted by Crippen LogP contribution is -2.30. The number of nitrogens with one attached hydrogen (secondary N) is 1. The van der Waals surface area contributed by atoms with Gasteiger partial charge in [0.2, 0.25) is 0 Å². The molecule has 0 saturated heterocycles. The van der Waals surface area contributed by atoms with Crippen molar-refractivity contribution in [3.05, 3.63) is 35.9 Å². The summed E-state index contributed by atoms with van der Waals surface area (Å²) in [6.45, 7) is 4.01. The molecule has 0 aliphatic carbocycles. The zero-order chi connectivity index (χ0) is 14.8. The maximum Gasteiger partial charge on any atom is 0.268 e. The first kappa shape index (κ1) is 14.8. The molecule has 0 aliphatic heterocycles. The summed E-state index contributed by atoms with van der Waals surface area (Å²) >= 11 is 1.52. The highest BCUT2D eigenvalue weighted by atomic mass is 32.2. The van der Waals surface area contributed by atoms with Crippen LogP contribution in [0.1, 0.15) is 10.5 Å². The minimum absolute atomic E-state index is 0.134. The van der Waals surface area contributed by atoms with E-state index in [1.807, 2.05) is 16.0 Å². The summed E-state index contributed by atoms with van der Waals surface area (Å²) in [5, 5.41) is 4.41. The number of allylic oxidation sites excluding steroid dienone is 1. The molecule has 0 aliphatic rings. The number of carbonyl (C=O) groups excluding carboxylic acids is 1. The average Bonchev–Trinajstić information content (AvgIpc) is 2.90. The molecule has 0 unspecified atom stereocenters. The predicted octanol–water partition coefficient (Wildman–Crippen LogP) is 1.51. The molecule has 2 aromatic heterocycles. The van der Waals surface area contributed by atoms with Crippen molar-refractivity contribution in [3.63, 3.8) is 0 Å². The number of fused-ring (bicyclic) bond motifs is 1. The Labute approximate surface area is 120 Å². The van der Waals surface area contributed by atoms with Gasteiger partial charge in [-0.05, 0) is 17.5 Å². The van der Waals surface area contributed by atoms with Crippen LogP contribution < -0.4 is 5.32 Å². The Bertz CT molecular complexity index is 743. The highest BCUT2D eigenvalue weighted by molar-refractivity contribution is 7.85. The molecule has 2 aromatic rings. The van der Waals surface area contributed by atoms with Gasteiger partial charge in [-0.2, -0.15) is 8.42 Å². The highest BCUT2D eigenvalue weighted by Crippen LogP contribution is 2.25. The van der Waals surface area contributed by atoms with E-state index in [-0.39, 0.29) is 12.5 Å². The Hall–Kier alpha value is -1.64. The van der Waals surface area contributed by atoms with Gasteiger partial charge in [-0.3, -0.25) is 9.35 Å². The Morgan fingerprint density at radius 1 is 1.55 bits per heavy atom. The lowest BCUT2D eigenvalue weighted by Gasteiger charge is -2.08. The van der Waals surface area contributed by atoms with E-state index in [1.54, 1.807) is 12.1 Å². The van der Waals surface area contributed by atoms with Crippen LogP contribution in [0, 0.1) is 0 Å². The highest BCUT2D eigenvalue weighted by Gasteiger charge is 2.16. The average molecular weight is 314 g/mol. The van der Waals surface area contributed by atoms with Crippen molar-refractivity contribution in [2.75, 3.05) is 12.3 Å². The standard InChI is InChI=1S/C12H14N2O4S2/c1-2-5-14-9-3-6-19-11(9)8-10(14)12(15)13-4-7-20(16,17)18/h2-3,6,8H,1,4-5,7H2,(H,13,15)(H,16,17,18). The molecule has 2 rings (SSSR count). The molecule has 0 saturated carbocycles. The van der Waals surface area contributed by atoms with Gasteiger partial charge >= 0.3 is 0 Å². The molecule has 6 nitrogen and oxygen atoms in total. The molecular weight excluding hydrogens is 300 g/mol. The van der Waals surface area contributed by atoms with E-state index in [2.05, 4.69) is 11.9 Å². The van der Waals surface area contributed by atoms with E-state index < -0.39 is 15.9 Å². The van der Waals surface area contributed by atoms with Gasteiger partial charge in [-0.25, -0.2) is 0 Å². The van der Waals surface area contributed by atoms with Gasteiger partial charge in [0.15, 0.2) is 0 Å². The fraction of sp³-hybridized carbons (Fsp3) is 0.250. The number of hydrogen-bond acceptors (Lipinski definition) is 4. The molecule has 2 N–H and O–H groups in total. The Kier molecular flexibility index (Phi) is 4.26. The summed E-state index contributed by atoms with van der Waals surface area (Å²) in [7, 11) is -4.07. The quantitative estimate of drug-likeness (QED) is 0.625. The number of rotatable bonds is 6. The van der Waals surface area contributed by atoms with Crippen LogP contribution in [-0.2, 0) is 16.7 Å². The van der Waals surface area contributed by atoms with Crippen LogP contribution in [0.4, 0.5) is 0 Å². The summed E-state index contributed by atoms with van der Waals surface area (Å²) in [6, 6.07) is 3.67. The van der Waals surface area contributed by atoms with Crippen molar-refractivity contribution < 1.29 is 17.8 Å². The minimum atomic E-state index is -4.07. The Morgan fingerprint density at radius 3 is 2.95 bits per heavy atom. The van der Waals surface area contributed by atoms with Crippen LogP contribution in [0.25, 0.3) is 10.2 Å². The molecule has 0 spiro atoms. The zero-order valence-corrected chi connectivity index (χ0v) is 12.2.